The van der Waals surface area contributed by atoms with E-state index in [1.807, 2.05) is 36.1 Å². The van der Waals surface area contributed by atoms with Gasteiger partial charge in [-0.1, -0.05) is 49.2 Å². The SMILES string of the molecule is CCN(C(=O)[C@@H](C)Sc1nnc2c(n1)[nH]c1ccccc12)C1CCCCC1. The summed E-state index contributed by atoms with van der Waals surface area (Å²) in [7, 11) is 0. The van der Waals surface area contributed by atoms with Gasteiger partial charge in [0.25, 0.3) is 0 Å². The van der Waals surface area contributed by atoms with Gasteiger partial charge in [0, 0.05) is 23.5 Å². The molecule has 2 aromatic heterocycles. The number of benzene rings is 1. The van der Waals surface area contributed by atoms with Gasteiger partial charge in [-0.15, -0.1) is 10.2 Å². The van der Waals surface area contributed by atoms with Crippen LogP contribution in [0.25, 0.3) is 22.1 Å². The molecule has 1 aliphatic carbocycles. The van der Waals surface area contributed by atoms with Crippen LogP contribution in [0.5, 0.6) is 0 Å². The number of aromatic nitrogens is 4. The summed E-state index contributed by atoms with van der Waals surface area (Å²) in [4.78, 5) is 22.9. The molecule has 0 aliphatic heterocycles. The van der Waals surface area contributed by atoms with Crippen LogP contribution in [-0.4, -0.2) is 48.8 Å². The van der Waals surface area contributed by atoms with E-state index in [1.54, 1.807) is 0 Å². The van der Waals surface area contributed by atoms with E-state index in [2.05, 4.69) is 27.1 Å². The molecule has 2 heterocycles. The van der Waals surface area contributed by atoms with Crippen LogP contribution in [0.4, 0.5) is 0 Å². The normalized spacial score (nSPS) is 16.7. The van der Waals surface area contributed by atoms with E-state index >= 15 is 0 Å². The van der Waals surface area contributed by atoms with Gasteiger partial charge >= 0.3 is 0 Å². The van der Waals surface area contributed by atoms with Gasteiger partial charge in [0.15, 0.2) is 5.65 Å². The number of aromatic amines is 1. The van der Waals surface area contributed by atoms with Crippen molar-refractivity contribution in [3.8, 4) is 0 Å². The first kappa shape index (κ1) is 18.2. The van der Waals surface area contributed by atoms with Crippen LogP contribution in [0, 0.1) is 0 Å². The number of thioether (sulfide) groups is 1. The predicted octanol–water partition coefficient (Wildman–Crippen LogP) is 4.17. The van der Waals surface area contributed by atoms with Gasteiger partial charge in [-0.3, -0.25) is 4.79 Å². The maximum atomic E-state index is 13.0. The zero-order valence-electron chi connectivity index (χ0n) is 15.8. The molecule has 1 N–H and O–H groups in total. The van der Waals surface area contributed by atoms with Gasteiger partial charge in [0.05, 0.1) is 5.25 Å². The number of hydrogen-bond donors (Lipinski definition) is 1. The minimum atomic E-state index is -0.226. The average Bonchev–Trinajstić information content (AvgIpc) is 3.07. The molecule has 1 saturated carbocycles. The molecule has 7 heteroatoms. The number of rotatable bonds is 5. The van der Waals surface area contributed by atoms with Gasteiger partial charge in [0.2, 0.25) is 11.1 Å². The van der Waals surface area contributed by atoms with Crippen molar-refractivity contribution in [2.24, 2.45) is 0 Å². The Balaban J connectivity index is 1.51. The lowest BCUT2D eigenvalue weighted by molar-refractivity contribution is -0.133. The largest absolute Gasteiger partial charge is 0.339 e. The number of hydrogen-bond acceptors (Lipinski definition) is 5. The first-order valence-electron chi connectivity index (χ1n) is 9.75. The third-order valence-corrected chi connectivity index (χ3v) is 6.31. The molecule has 1 aromatic carbocycles. The molecular formula is C20H25N5OS. The molecule has 27 heavy (non-hydrogen) atoms. The van der Waals surface area contributed by atoms with Crippen LogP contribution in [0.3, 0.4) is 0 Å². The van der Waals surface area contributed by atoms with Crippen molar-refractivity contribution in [3.05, 3.63) is 24.3 Å². The Kier molecular flexibility index (Phi) is 5.29. The molecule has 1 aliphatic rings. The van der Waals surface area contributed by atoms with Crippen molar-refractivity contribution >= 4 is 39.7 Å². The number of nitrogens with zero attached hydrogens (tertiary/aromatic N) is 4. The molecule has 1 fully saturated rings. The highest BCUT2D eigenvalue weighted by atomic mass is 32.2. The summed E-state index contributed by atoms with van der Waals surface area (Å²) >= 11 is 1.39. The molecule has 4 rings (SSSR count). The second-order valence-corrected chi connectivity index (χ2v) is 8.45. The lowest BCUT2D eigenvalue weighted by Crippen LogP contribution is -2.44. The monoisotopic (exact) mass is 383 g/mol. The minimum absolute atomic E-state index is 0.176. The summed E-state index contributed by atoms with van der Waals surface area (Å²) < 4.78 is 0. The molecule has 1 amide bonds. The number of carbonyl (C=O) groups is 1. The Morgan fingerprint density at radius 2 is 2.04 bits per heavy atom. The zero-order chi connectivity index (χ0) is 18.8. The highest BCUT2D eigenvalue weighted by molar-refractivity contribution is 8.00. The van der Waals surface area contributed by atoms with Crippen LogP contribution in [0.1, 0.15) is 46.0 Å². The second kappa shape index (κ2) is 7.84. The Hall–Kier alpha value is -2.15. The Morgan fingerprint density at radius 1 is 1.26 bits per heavy atom. The summed E-state index contributed by atoms with van der Waals surface area (Å²) in [6.07, 6.45) is 5.97. The van der Waals surface area contributed by atoms with Gasteiger partial charge in [-0.25, -0.2) is 4.98 Å². The first-order chi connectivity index (χ1) is 13.2. The summed E-state index contributed by atoms with van der Waals surface area (Å²) in [5.74, 6) is 0.176. The lowest BCUT2D eigenvalue weighted by atomic mass is 9.94. The third kappa shape index (κ3) is 3.65. The van der Waals surface area contributed by atoms with Crippen molar-refractivity contribution in [1.82, 2.24) is 25.1 Å². The van der Waals surface area contributed by atoms with Crippen LogP contribution in [0.2, 0.25) is 0 Å². The summed E-state index contributed by atoms with van der Waals surface area (Å²) in [6, 6.07) is 8.35. The van der Waals surface area contributed by atoms with Crippen molar-refractivity contribution in [2.75, 3.05) is 6.54 Å². The molecule has 0 unspecified atom stereocenters. The van der Waals surface area contributed by atoms with Crippen molar-refractivity contribution < 1.29 is 4.79 Å². The van der Waals surface area contributed by atoms with E-state index in [-0.39, 0.29) is 11.2 Å². The number of fused-ring (bicyclic) bond motifs is 3. The lowest BCUT2D eigenvalue weighted by Gasteiger charge is -2.35. The van der Waals surface area contributed by atoms with Crippen molar-refractivity contribution in [2.45, 2.75) is 62.4 Å². The van der Waals surface area contributed by atoms with E-state index in [4.69, 9.17) is 0 Å². The highest BCUT2D eigenvalue weighted by Crippen LogP contribution is 2.28. The van der Waals surface area contributed by atoms with E-state index in [1.165, 1.54) is 31.0 Å². The van der Waals surface area contributed by atoms with Gasteiger partial charge in [-0.05, 0) is 32.8 Å². The first-order valence-corrected chi connectivity index (χ1v) is 10.6. The standard InChI is InChI=1S/C20H25N5OS/c1-3-25(14-9-5-4-6-10-14)19(26)13(2)27-20-22-18-17(23-24-20)15-11-7-8-12-16(15)21-18/h7-8,11-14H,3-6,9-10H2,1-2H3,(H,21,22,24)/t13-/m1/s1. The van der Waals surface area contributed by atoms with Crippen molar-refractivity contribution in [1.29, 1.82) is 0 Å². The van der Waals surface area contributed by atoms with Crippen LogP contribution < -0.4 is 0 Å². The average molecular weight is 384 g/mol. The molecule has 142 valence electrons. The molecular weight excluding hydrogens is 358 g/mol. The zero-order valence-corrected chi connectivity index (χ0v) is 16.6. The molecule has 1 atom stereocenters. The van der Waals surface area contributed by atoms with E-state index < -0.39 is 0 Å². The summed E-state index contributed by atoms with van der Waals surface area (Å²) in [5.41, 5.74) is 2.48. The van der Waals surface area contributed by atoms with E-state index in [0.29, 0.717) is 16.8 Å². The molecule has 0 radical (unpaired) electrons. The minimum Gasteiger partial charge on any atom is -0.339 e. The summed E-state index contributed by atoms with van der Waals surface area (Å²) in [6.45, 7) is 4.77. The van der Waals surface area contributed by atoms with Crippen molar-refractivity contribution in [3.63, 3.8) is 0 Å². The number of H-pyrrole nitrogens is 1. The topological polar surface area (TPSA) is 74.8 Å². The fourth-order valence-corrected chi connectivity index (χ4v) is 4.77. The number of carbonyl (C=O) groups excluding carboxylic acids is 1. The predicted molar refractivity (Wildman–Crippen MR) is 109 cm³/mol. The molecule has 0 saturated heterocycles. The number of para-hydroxylation sites is 1. The summed E-state index contributed by atoms with van der Waals surface area (Å²) in [5, 5.41) is 9.93. The quantitative estimate of drug-likeness (QED) is 0.669. The van der Waals surface area contributed by atoms with Gasteiger partial charge < -0.3 is 9.88 Å². The van der Waals surface area contributed by atoms with Gasteiger partial charge in [-0.2, -0.15) is 0 Å². The Labute approximate surface area is 163 Å². The fourth-order valence-electron chi connectivity index (χ4n) is 3.98. The van der Waals surface area contributed by atoms with Gasteiger partial charge in [0.1, 0.15) is 5.52 Å². The fraction of sp³-hybridized carbons (Fsp3) is 0.500. The van der Waals surface area contributed by atoms with Crippen LogP contribution in [-0.2, 0) is 4.79 Å². The van der Waals surface area contributed by atoms with E-state index in [0.717, 1.165) is 35.8 Å². The number of nitrogens with one attached hydrogen (secondary N) is 1. The third-order valence-electron chi connectivity index (χ3n) is 5.37. The Bertz CT molecular complexity index is 950. The van der Waals surface area contributed by atoms with Crippen LogP contribution >= 0.6 is 11.8 Å². The number of amides is 1. The molecule has 0 spiro atoms. The maximum Gasteiger partial charge on any atom is 0.236 e. The Morgan fingerprint density at radius 3 is 2.81 bits per heavy atom. The smallest absolute Gasteiger partial charge is 0.236 e. The maximum absolute atomic E-state index is 13.0. The second-order valence-electron chi connectivity index (χ2n) is 7.14. The highest BCUT2D eigenvalue weighted by Gasteiger charge is 2.28. The molecule has 0 bridgehead atoms. The molecule has 6 nitrogen and oxygen atoms in total. The molecule has 3 aromatic rings. The van der Waals surface area contributed by atoms with Crippen LogP contribution in [0.15, 0.2) is 29.4 Å². The van der Waals surface area contributed by atoms with E-state index in [9.17, 15) is 4.79 Å².